The largest absolute Gasteiger partial charge is 0.366 e. The number of hydrogen-bond donors (Lipinski definition) is 2. The second-order valence-electron chi connectivity index (χ2n) is 5.60. The molecule has 0 spiro atoms. The van der Waals surface area contributed by atoms with E-state index in [1.54, 1.807) is 24.3 Å². The number of carbonyl (C=O) groups is 2. The Bertz CT molecular complexity index is 1020. The monoisotopic (exact) mass is 372 g/mol. The van der Waals surface area contributed by atoms with Crippen LogP contribution >= 0.6 is 11.6 Å². The first-order valence-corrected chi connectivity index (χ1v) is 7.95. The van der Waals surface area contributed by atoms with Crippen LogP contribution in [0.3, 0.4) is 0 Å². The highest BCUT2D eigenvalue weighted by molar-refractivity contribution is 6.30. The molecule has 0 aliphatic heterocycles. The number of amides is 2. The van der Waals surface area contributed by atoms with Crippen LogP contribution in [0.1, 0.15) is 26.3 Å². The summed E-state index contributed by atoms with van der Waals surface area (Å²) in [5.41, 5.74) is 6.46. The van der Waals surface area contributed by atoms with Crippen molar-refractivity contribution in [3.05, 3.63) is 76.3 Å². The summed E-state index contributed by atoms with van der Waals surface area (Å²) in [4.78, 5) is 23.7. The molecule has 26 heavy (non-hydrogen) atoms. The maximum Gasteiger partial charge on any atom is 0.258 e. The summed E-state index contributed by atoms with van der Waals surface area (Å²) in [5.74, 6) is -1.92. The smallest absolute Gasteiger partial charge is 0.258 e. The fourth-order valence-electron chi connectivity index (χ4n) is 2.35. The fraction of sp³-hybridized carbons (Fsp3) is 0.0556. The molecule has 0 saturated heterocycles. The van der Waals surface area contributed by atoms with E-state index in [1.807, 2.05) is 0 Å². The first kappa shape index (κ1) is 17.6. The molecule has 132 valence electrons. The lowest BCUT2D eigenvalue weighted by Crippen LogP contribution is -2.16. The van der Waals surface area contributed by atoms with Crippen molar-refractivity contribution in [1.29, 1.82) is 0 Å². The van der Waals surface area contributed by atoms with Crippen LogP contribution in [0.25, 0.3) is 5.69 Å². The number of hydrogen-bond acceptors (Lipinski definition) is 3. The molecule has 3 aromatic rings. The Hall–Kier alpha value is -3.19. The Morgan fingerprint density at radius 3 is 2.69 bits per heavy atom. The predicted molar refractivity (Wildman–Crippen MR) is 96.2 cm³/mol. The number of nitrogens with zero attached hydrogens (tertiary/aromatic N) is 2. The third-order valence-electron chi connectivity index (χ3n) is 3.79. The van der Waals surface area contributed by atoms with E-state index in [2.05, 4.69) is 10.4 Å². The van der Waals surface area contributed by atoms with Crippen molar-refractivity contribution >= 4 is 29.1 Å². The van der Waals surface area contributed by atoms with Crippen LogP contribution < -0.4 is 11.1 Å². The number of halogens is 2. The van der Waals surface area contributed by atoms with Gasteiger partial charge in [0, 0.05) is 28.0 Å². The molecule has 0 unspecified atom stereocenters. The second-order valence-corrected chi connectivity index (χ2v) is 6.04. The SMILES string of the molecule is Cc1c(F)cc(C(N)=O)cc1NC(=O)c1cnn(-c2cccc(Cl)c2)c1. The Kier molecular flexibility index (Phi) is 4.73. The standard InChI is InChI=1S/C18H14ClFN4O2/c1-10-15(20)5-11(17(21)25)6-16(10)23-18(26)12-8-22-24(9-12)14-4-2-3-13(19)7-14/h2-9H,1H3,(H2,21,25)(H,23,26). The van der Waals surface area contributed by atoms with Crippen LogP contribution in [0.2, 0.25) is 5.02 Å². The average Bonchev–Trinajstić information content (AvgIpc) is 3.09. The second kappa shape index (κ2) is 6.97. The number of nitrogens with two attached hydrogens (primary N) is 1. The summed E-state index contributed by atoms with van der Waals surface area (Å²) in [7, 11) is 0. The Morgan fingerprint density at radius 1 is 1.23 bits per heavy atom. The molecule has 0 fully saturated rings. The number of nitrogens with one attached hydrogen (secondary N) is 1. The van der Waals surface area contributed by atoms with Crippen molar-refractivity contribution in [1.82, 2.24) is 9.78 Å². The van der Waals surface area contributed by atoms with Gasteiger partial charge in [0.15, 0.2) is 0 Å². The molecule has 6 nitrogen and oxygen atoms in total. The van der Waals surface area contributed by atoms with Crippen LogP contribution in [0.4, 0.5) is 10.1 Å². The van der Waals surface area contributed by atoms with E-state index in [0.29, 0.717) is 10.7 Å². The van der Waals surface area contributed by atoms with Gasteiger partial charge in [-0.05, 0) is 37.3 Å². The molecule has 1 aromatic heterocycles. The van der Waals surface area contributed by atoms with E-state index in [0.717, 1.165) is 6.07 Å². The average molecular weight is 373 g/mol. The third kappa shape index (κ3) is 3.57. The maximum atomic E-state index is 13.9. The molecule has 0 radical (unpaired) electrons. The topological polar surface area (TPSA) is 90.0 Å². The highest BCUT2D eigenvalue weighted by atomic mass is 35.5. The lowest BCUT2D eigenvalue weighted by Gasteiger charge is -2.10. The van der Waals surface area contributed by atoms with Gasteiger partial charge in [-0.15, -0.1) is 0 Å². The van der Waals surface area contributed by atoms with Crippen molar-refractivity contribution in [2.24, 2.45) is 5.73 Å². The zero-order valence-corrected chi connectivity index (χ0v) is 14.4. The molecular weight excluding hydrogens is 359 g/mol. The zero-order valence-electron chi connectivity index (χ0n) is 13.7. The summed E-state index contributed by atoms with van der Waals surface area (Å²) >= 11 is 5.95. The first-order valence-electron chi connectivity index (χ1n) is 7.57. The minimum Gasteiger partial charge on any atom is -0.366 e. The zero-order chi connectivity index (χ0) is 18.8. The van der Waals surface area contributed by atoms with Crippen molar-refractivity contribution < 1.29 is 14.0 Å². The summed E-state index contributed by atoms with van der Waals surface area (Å²) in [5, 5.41) is 7.24. The summed E-state index contributed by atoms with van der Waals surface area (Å²) in [6, 6.07) is 9.35. The molecule has 3 N–H and O–H groups in total. The lowest BCUT2D eigenvalue weighted by molar-refractivity contribution is 0.0995. The van der Waals surface area contributed by atoms with Gasteiger partial charge in [0.05, 0.1) is 17.4 Å². The van der Waals surface area contributed by atoms with Gasteiger partial charge in [-0.3, -0.25) is 9.59 Å². The van der Waals surface area contributed by atoms with E-state index >= 15 is 0 Å². The van der Waals surface area contributed by atoms with Crippen molar-refractivity contribution in [2.45, 2.75) is 6.92 Å². The molecule has 1 heterocycles. The number of carbonyl (C=O) groups excluding carboxylic acids is 2. The van der Waals surface area contributed by atoms with Crippen molar-refractivity contribution in [2.75, 3.05) is 5.32 Å². The minimum absolute atomic E-state index is 0.0296. The van der Waals surface area contributed by atoms with E-state index < -0.39 is 17.6 Å². The molecule has 3 rings (SSSR count). The van der Waals surface area contributed by atoms with Crippen LogP contribution in [0.15, 0.2) is 48.8 Å². The lowest BCUT2D eigenvalue weighted by atomic mass is 10.1. The Morgan fingerprint density at radius 2 is 2.00 bits per heavy atom. The normalized spacial score (nSPS) is 10.6. The van der Waals surface area contributed by atoms with Gasteiger partial charge in [0.1, 0.15) is 5.82 Å². The van der Waals surface area contributed by atoms with E-state index in [-0.39, 0.29) is 22.4 Å². The molecule has 2 amide bonds. The predicted octanol–water partition coefficient (Wildman–Crippen LogP) is 3.32. The molecule has 0 saturated carbocycles. The molecule has 2 aromatic carbocycles. The quantitative estimate of drug-likeness (QED) is 0.736. The molecular formula is C18H14ClFN4O2. The van der Waals surface area contributed by atoms with Crippen LogP contribution in [0.5, 0.6) is 0 Å². The molecule has 8 heteroatoms. The van der Waals surface area contributed by atoms with Crippen molar-refractivity contribution in [3.63, 3.8) is 0 Å². The Labute approximate surface area is 153 Å². The molecule has 0 aliphatic rings. The Balaban J connectivity index is 1.87. The van der Waals surface area contributed by atoms with Gasteiger partial charge >= 0.3 is 0 Å². The summed E-state index contributed by atoms with van der Waals surface area (Å²) < 4.78 is 15.4. The van der Waals surface area contributed by atoms with E-state index in [1.165, 1.54) is 30.1 Å². The van der Waals surface area contributed by atoms with Gasteiger partial charge in [0.25, 0.3) is 5.91 Å². The van der Waals surface area contributed by atoms with Crippen LogP contribution in [-0.4, -0.2) is 21.6 Å². The van der Waals surface area contributed by atoms with E-state index in [9.17, 15) is 14.0 Å². The van der Waals surface area contributed by atoms with Gasteiger partial charge in [-0.2, -0.15) is 5.10 Å². The van der Waals surface area contributed by atoms with Crippen LogP contribution in [0, 0.1) is 12.7 Å². The number of rotatable bonds is 4. The van der Waals surface area contributed by atoms with Gasteiger partial charge < -0.3 is 11.1 Å². The third-order valence-corrected chi connectivity index (χ3v) is 4.03. The van der Waals surface area contributed by atoms with Gasteiger partial charge in [-0.25, -0.2) is 9.07 Å². The fourth-order valence-corrected chi connectivity index (χ4v) is 2.53. The number of primary amides is 1. The summed E-state index contributed by atoms with van der Waals surface area (Å²) in [6.45, 7) is 1.49. The number of benzene rings is 2. The van der Waals surface area contributed by atoms with Crippen molar-refractivity contribution in [3.8, 4) is 5.69 Å². The molecule has 0 atom stereocenters. The highest BCUT2D eigenvalue weighted by Crippen LogP contribution is 2.22. The van der Waals surface area contributed by atoms with Gasteiger partial charge in [-0.1, -0.05) is 17.7 Å². The maximum absolute atomic E-state index is 13.9. The van der Waals surface area contributed by atoms with Crippen LogP contribution in [-0.2, 0) is 0 Å². The highest BCUT2D eigenvalue weighted by Gasteiger charge is 2.15. The molecule has 0 bridgehead atoms. The number of anilines is 1. The van der Waals surface area contributed by atoms with E-state index in [4.69, 9.17) is 17.3 Å². The molecule has 0 aliphatic carbocycles. The minimum atomic E-state index is -0.784. The first-order chi connectivity index (χ1) is 12.3. The summed E-state index contributed by atoms with van der Waals surface area (Å²) in [6.07, 6.45) is 2.89. The van der Waals surface area contributed by atoms with Gasteiger partial charge in [0.2, 0.25) is 5.91 Å². The number of aromatic nitrogens is 2.